The second-order valence-corrected chi connectivity index (χ2v) is 11.7. The molecule has 4 rings (SSSR count). The quantitative estimate of drug-likeness (QED) is 0.380. The van der Waals surface area contributed by atoms with Crippen LogP contribution in [0.4, 0.5) is 0 Å². The number of benzene rings is 2. The van der Waals surface area contributed by atoms with E-state index in [0.29, 0.717) is 5.41 Å². The van der Waals surface area contributed by atoms with Crippen LogP contribution in [0.5, 0.6) is 5.75 Å². The molecular formula is C32H48N2O2. The first kappa shape index (κ1) is 27.2. The highest BCUT2D eigenvalue weighted by Gasteiger charge is 2.45. The van der Waals surface area contributed by atoms with Gasteiger partial charge in [0.2, 0.25) is 0 Å². The Kier molecular flexibility index (Phi) is 9.49. The predicted molar refractivity (Wildman–Crippen MR) is 150 cm³/mol. The molecule has 4 heteroatoms. The molecule has 0 radical (unpaired) electrons. The van der Waals surface area contributed by atoms with Crippen molar-refractivity contribution in [3.8, 4) is 5.75 Å². The molecule has 0 aromatic heterocycles. The molecule has 0 amide bonds. The van der Waals surface area contributed by atoms with Gasteiger partial charge in [-0.05, 0) is 107 Å². The lowest BCUT2D eigenvalue weighted by Crippen LogP contribution is -2.48. The van der Waals surface area contributed by atoms with Crippen LogP contribution < -0.4 is 10.1 Å². The second-order valence-electron chi connectivity index (χ2n) is 11.7. The highest BCUT2D eigenvalue weighted by molar-refractivity contribution is 5.30. The fourth-order valence-electron chi connectivity index (χ4n) is 6.69. The van der Waals surface area contributed by atoms with E-state index in [-0.39, 0.29) is 11.7 Å². The van der Waals surface area contributed by atoms with Crippen molar-refractivity contribution in [3.05, 3.63) is 65.7 Å². The van der Waals surface area contributed by atoms with Crippen molar-refractivity contribution in [1.82, 2.24) is 10.2 Å². The van der Waals surface area contributed by atoms with Gasteiger partial charge in [-0.25, -0.2) is 0 Å². The molecule has 2 aromatic rings. The van der Waals surface area contributed by atoms with E-state index < -0.39 is 0 Å². The number of ether oxygens (including phenoxy) is 2. The van der Waals surface area contributed by atoms with Gasteiger partial charge in [-0.3, -0.25) is 0 Å². The fraction of sp³-hybridized carbons (Fsp3) is 0.625. The van der Waals surface area contributed by atoms with Crippen LogP contribution in [-0.4, -0.2) is 50.3 Å². The molecule has 0 aliphatic carbocycles. The van der Waals surface area contributed by atoms with Gasteiger partial charge in [0.25, 0.3) is 0 Å². The molecule has 1 N–H and O–H groups in total. The average molecular weight is 493 g/mol. The Morgan fingerprint density at radius 3 is 2.56 bits per heavy atom. The molecule has 4 nitrogen and oxygen atoms in total. The third-order valence-corrected chi connectivity index (χ3v) is 8.75. The van der Waals surface area contributed by atoms with E-state index in [2.05, 4.69) is 85.6 Å². The van der Waals surface area contributed by atoms with Gasteiger partial charge in [0.1, 0.15) is 11.9 Å². The van der Waals surface area contributed by atoms with Gasteiger partial charge in [-0.15, -0.1) is 0 Å². The molecule has 198 valence electrons. The summed E-state index contributed by atoms with van der Waals surface area (Å²) in [6, 6.07) is 19.3. The van der Waals surface area contributed by atoms with Crippen LogP contribution in [0.2, 0.25) is 0 Å². The topological polar surface area (TPSA) is 33.7 Å². The fourth-order valence-corrected chi connectivity index (χ4v) is 6.69. The molecule has 36 heavy (non-hydrogen) atoms. The van der Waals surface area contributed by atoms with Crippen molar-refractivity contribution in [3.63, 3.8) is 0 Å². The van der Waals surface area contributed by atoms with E-state index in [1.165, 1.54) is 56.3 Å². The SMILES string of the molecule is CCC1(C2CCN(CCc3cccc(OC(CCNC)c4ccccc4)c3)CC2)CCOC(C)(C)C1. The zero-order valence-electron chi connectivity index (χ0n) is 23.1. The summed E-state index contributed by atoms with van der Waals surface area (Å²) in [6.45, 7) is 12.4. The minimum Gasteiger partial charge on any atom is -0.486 e. The first-order valence-corrected chi connectivity index (χ1v) is 14.2. The van der Waals surface area contributed by atoms with E-state index in [4.69, 9.17) is 9.47 Å². The Bertz CT molecular complexity index is 923. The van der Waals surface area contributed by atoms with Crippen LogP contribution in [0.25, 0.3) is 0 Å². The van der Waals surface area contributed by atoms with E-state index >= 15 is 0 Å². The van der Waals surface area contributed by atoms with Gasteiger partial charge < -0.3 is 19.7 Å². The standard InChI is InChI=1S/C32H48N2O2/c1-5-32(18-23-35-31(2,3)25-32)28-16-21-34(22-17-28)20-15-26-10-9-13-29(24-26)36-30(14-19-33-4)27-11-7-6-8-12-27/h6-13,24,28,30,33H,5,14-23,25H2,1-4H3. The van der Waals surface area contributed by atoms with Crippen molar-refractivity contribution in [2.75, 3.05) is 39.8 Å². The van der Waals surface area contributed by atoms with Crippen molar-refractivity contribution >= 4 is 0 Å². The predicted octanol–water partition coefficient (Wildman–Crippen LogP) is 6.66. The first-order valence-electron chi connectivity index (χ1n) is 14.2. The van der Waals surface area contributed by atoms with Crippen LogP contribution in [0.1, 0.15) is 76.5 Å². The minimum absolute atomic E-state index is 0.0328. The van der Waals surface area contributed by atoms with Crippen molar-refractivity contribution in [2.24, 2.45) is 11.3 Å². The van der Waals surface area contributed by atoms with Crippen LogP contribution >= 0.6 is 0 Å². The Morgan fingerprint density at radius 2 is 1.86 bits per heavy atom. The van der Waals surface area contributed by atoms with Crippen LogP contribution in [0, 0.1) is 11.3 Å². The number of nitrogens with zero attached hydrogens (tertiary/aromatic N) is 1. The van der Waals surface area contributed by atoms with Gasteiger partial charge in [0.15, 0.2) is 0 Å². The summed E-state index contributed by atoms with van der Waals surface area (Å²) in [5, 5.41) is 3.26. The molecule has 2 unspecified atom stereocenters. The zero-order chi connectivity index (χ0) is 25.4. The molecule has 2 aliphatic rings. The number of hydrogen-bond acceptors (Lipinski definition) is 4. The minimum atomic E-state index is 0.0328. The van der Waals surface area contributed by atoms with E-state index in [1.807, 2.05) is 7.05 Å². The number of likely N-dealkylation sites (tertiary alicyclic amines) is 1. The van der Waals surface area contributed by atoms with Gasteiger partial charge in [-0.1, -0.05) is 55.8 Å². The molecule has 0 spiro atoms. The molecule has 0 saturated carbocycles. The van der Waals surface area contributed by atoms with Gasteiger partial charge >= 0.3 is 0 Å². The van der Waals surface area contributed by atoms with Crippen LogP contribution in [0.15, 0.2) is 54.6 Å². The Hall–Kier alpha value is -1.88. The average Bonchev–Trinajstić information content (AvgIpc) is 2.90. The second kappa shape index (κ2) is 12.6. The third kappa shape index (κ3) is 7.12. The van der Waals surface area contributed by atoms with Gasteiger partial charge in [-0.2, -0.15) is 0 Å². The maximum absolute atomic E-state index is 6.49. The lowest BCUT2D eigenvalue weighted by molar-refractivity contribution is -0.130. The normalized spacial score (nSPS) is 23.9. The summed E-state index contributed by atoms with van der Waals surface area (Å²) in [6.07, 6.45) is 8.49. The van der Waals surface area contributed by atoms with E-state index in [0.717, 1.165) is 44.2 Å². The monoisotopic (exact) mass is 492 g/mol. The highest BCUT2D eigenvalue weighted by atomic mass is 16.5. The Morgan fingerprint density at radius 1 is 1.08 bits per heavy atom. The Balaban J connectivity index is 1.30. The van der Waals surface area contributed by atoms with Crippen molar-refractivity contribution in [1.29, 1.82) is 0 Å². The zero-order valence-corrected chi connectivity index (χ0v) is 23.1. The van der Waals surface area contributed by atoms with Crippen molar-refractivity contribution < 1.29 is 9.47 Å². The summed E-state index contributed by atoms with van der Waals surface area (Å²) in [5.41, 5.74) is 3.11. The molecule has 0 bridgehead atoms. The molecule has 2 atom stereocenters. The lowest BCUT2D eigenvalue weighted by Gasteiger charge is -2.51. The summed E-state index contributed by atoms with van der Waals surface area (Å²) >= 11 is 0. The number of rotatable bonds is 11. The lowest BCUT2D eigenvalue weighted by atomic mass is 9.61. The molecule has 2 aromatic carbocycles. The third-order valence-electron chi connectivity index (χ3n) is 8.75. The molecular weight excluding hydrogens is 444 g/mol. The summed E-state index contributed by atoms with van der Waals surface area (Å²) in [7, 11) is 2.00. The Labute approximate surface area is 219 Å². The van der Waals surface area contributed by atoms with Gasteiger partial charge in [0.05, 0.1) is 5.60 Å². The number of hydrogen-bond donors (Lipinski definition) is 1. The van der Waals surface area contributed by atoms with Crippen LogP contribution in [-0.2, 0) is 11.2 Å². The van der Waals surface area contributed by atoms with Gasteiger partial charge in [0, 0.05) is 19.6 Å². The first-order chi connectivity index (χ1) is 17.4. The highest BCUT2D eigenvalue weighted by Crippen LogP contribution is 2.50. The molecule has 2 aliphatic heterocycles. The van der Waals surface area contributed by atoms with E-state index in [9.17, 15) is 0 Å². The van der Waals surface area contributed by atoms with Crippen LogP contribution in [0.3, 0.4) is 0 Å². The largest absolute Gasteiger partial charge is 0.486 e. The molecule has 2 heterocycles. The maximum atomic E-state index is 6.49. The smallest absolute Gasteiger partial charge is 0.125 e. The summed E-state index contributed by atoms with van der Waals surface area (Å²) in [5.74, 6) is 1.81. The number of nitrogens with one attached hydrogen (secondary N) is 1. The summed E-state index contributed by atoms with van der Waals surface area (Å²) < 4.78 is 12.6. The summed E-state index contributed by atoms with van der Waals surface area (Å²) in [4.78, 5) is 2.68. The maximum Gasteiger partial charge on any atom is 0.125 e. The van der Waals surface area contributed by atoms with E-state index in [1.54, 1.807) is 0 Å². The molecule has 2 saturated heterocycles. The number of piperidine rings is 1. The molecule has 2 fully saturated rings. The van der Waals surface area contributed by atoms with Crippen molar-refractivity contribution in [2.45, 2.75) is 77.4 Å².